The molecule has 1 aliphatic rings. The van der Waals surface area contributed by atoms with Crippen LogP contribution >= 0.6 is 22.9 Å². The van der Waals surface area contributed by atoms with Crippen LogP contribution in [0.2, 0.25) is 5.02 Å². The van der Waals surface area contributed by atoms with Crippen molar-refractivity contribution in [2.24, 2.45) is 16.3 Å². The van der Waals surface area contributed by atoms with E-state index in [1.54, 1.807) is 53.9 Å². The molecule has 1 amide bonds. The van der Waals surface area contributed by atoms with Crippen LogP contribution < -0.4 is 10.1 Å². The molecule has 1 heterocycles. The summed E-state index contributed by atoms with van der Waals surface area (Å²) in [6, 6.07) is 20.9. The molecule has 5 rings (SSSR count). The summed E-state index contributed by atoms with van der Waals surface area (Å²) < 4.78 is 5.84. The van der Waals surface area contributed by atoms with Crippen LogP contribution in [0.25, 0.3) is 0 Å². The summed E-state index contributed by atoms with van der Waals surface area (Å²) in [5.41, 5.74) is 4.40. The highest BCUT2D eigenvalue weighted by atomic mass is 35.5. The summed E-state index contributed by atoms with van der Waals surface area (Å²) in [4.78, 5) is 30.0. The molecular formula is C33H32ClN3O4S. The summed E-state index contributed by atoms with van der Waals surface area (Å²) >= 11 is 7.64. The second kappa shape index (κ2) is 12.5. The first-order valence-corrected chi connectivity index (χ1v) is 15.0. The molecule has 0 saturated heterocycles. The SMILES string of the molecule is CC(C)(C)[C@@H]1CCc2c(sc(N=Cc3ccc(OCc4ccc([N+](=O)[O-])cc4)cc3)c2C(=O)Nc2ccc(Cl)cc2)C1. The van der Waals surface area contributed by atoms with Crippen LogP contribution in [0, 0.1) is 21.4 Å². The maximum absolute atomic E-state index is 13.6. The highest BCUT2D eigenvalue weighted by Gasteiger charge is 2.33. The molecule has 1 aliphatic carbocycles. The van der Waals surface area contributed by atoms with Crippen molar-refractivity contribution in [2.75, 3.05) is 5.32 Å². The van der Waals surface area contributed by atoms with Crippen molar-refractivity contribution in [2.45, 2.75) is 46.6 Å². The Balaban J connectivity index is 1.33. The number of non-ortho nitro benzene ring substituents is 1. The van der Waals surface area contributed by atoms with Gasteiger partial charge in [0, 0.05) is 33.9 Å². The molecule has 1 aromatic heterocycles. The molecule has 4 aromatic rings. The second-order valence-corrected chi connectivity index (χ2v) is 13.0. The minimum atomic E-state index is -0.423. The molecule has 1 atom stereocenters. The smallest absolute Gasteiger partial charge is 0.269 e. The molecule has 0 aliphatic heterocycles. The predicted molar refractivity (Wildman–Crippen MR) is 170 cm³/mol. The Kier molecular flexibility index (Phi) is 8.75. The van der Waals surface area contributed by atoms with Gasteiger partial charge in [0.05, 0.1) is 10.5 Å². The Labute approximate surface area is 254 Å². The highest BCUT2D eigenvalue weighted by Crippen LogP contribution is 2.45. The van der Waals surface area contributed by atoms with Gasteiger partial charge in [-0.25, -0.2) is 4.99 Å². The van der Waals surface area contributed by atoms with E-state index in [1.807, 2.05) is 24.3 Å². The number of aliphatic imine (C=N–C) groups is 1. The van der Waals surface area contributed by atoms with Gasteiger partial charge >= 0.3 is 0 Å². The van der Waals surface area contributed by atoms with Gasteiger partial charge < -0.3 is 10.1 Å². The molecule has 0 bridgehead atoms. The third kappa shape index (κ3) is 7.06. The molecule has 3 aromatic carbocycles. The summed E-state index contributed by atoms with van der Waals surface area (Å²) in [6.07, 6.45) is 4.62. The predicted octanol–water partition coefficient (Wildman–Crippen LogP) is 9.04. The number of benzene rings is 3. The third-order valence-corrected chi connectivity index (χ3v) is 8.98. The number of fused-ring (bicyclic) bond motifs is 1. The average Bonchev–Trinajstić information content (AvgIpc) is 3.34. The first-order chi connectivity index (χ1) is 20.1. The molecule has 0 saturated carbocycles. The molecule has 0 fully saturated rings. The van der Waals surface area contributed by atoms with Crippen LogP contribution in [0.4, 0.5) is 16.4 Å². The Bertz CT molecular complexity index is 1610. The van der Waals surface area contributed by atoms with Crippen LogP contribution in [0.3, 0.4) is 0 Å². The van der Waals surface area contributed by atoms with Crippen LogP contribution in [0.5, 0.6) is 5.75 Å². The normalized spacial score (nSPS) is 14.9. The number of amides is 1. The van der Waals surface area contributed by atoms with E-state index < -0.39 is 4.92 Å². The number of nitro benzene ring substituents is 1. The molecule has 0 unspecified atom stereocenters. The lowest BCUT2D eigenvalue weighted by Gasteiger charge is -2.33. The van der Waals surface area contributed by atoms with E-state index in [9.17, 15) is 14.9 Å². The van der Waals surface area contributed by atoms with E-state index >= 15 is 0 Å². The number of rotatable bonds is 8. The Morgan fingerprint density at radius 3 is 2.43 bits per heavy atom. The number of nitrogens with one attached hydrogen (secondary N) is 1. The first-order valence-electron chi connectivity index (χ1n) is 13.8. The van der Waals surface area contributed by atoms with Gasteiger partial charge in [0.1, 0.15) is 17.4 Å². The number of carbonyl (C=O) groups is 1. The Morgan fingerprint density at radius 2 is 1.79 bits per heavy atom. The molecule has 7 nitrogen and oxygen atoms in total. The number of ether oxygens (including phenoxy) is 1. The standard InChI is InChI=1S/C33H32ClN3O4S/c1-33(2,3)23-8-17-28-29(18-23)42-32(30(28)31(38)36-25-11-9-24(34)10-12-25)35-19-21-6-15-27(16-7-21)41-20-22-4-13-26(14-5-22)37(39)40/h4-7,9-16,19,23H,8,17-18,20H2,1-3H3,(H,36,38)/t23-/m1/s1. The maximum Gasteiger partial charge on any atom is 0.269 e. The van der Waals surface area contributed by atoms with Crippen LogP contribution in [0.1, 0.15) is 59.1 Å². The molecule has 42 heavy (non-hydrogen) atoms. The van der Waals surface area contributed by atoms with Crippen LogP contribution in [-0.2, 0) is 19.4 Å². The fourth-order valence-corrected chi connectivity index (χ4v) is 6.42. The number of carbonyl (C=O) groups excluding carboxylic acids is 1. The summed E-state index contributed by atoms with van der Waals surface area (Å²) in [5.74, 6) is 1.06. The number of nitrogens with zero attached hydrogens (tertiary/aromatic N) is 2. The number of thiophene rings is 1. The quantitative estimate of drug-likeness (QED) is 0.124. The number of hydrogen-bond acceptors (Lipinski definition) is 6. The fraction of sp³-hybridized carbons (Fsp3) is 0.273. The van der Waals surface area contributed by atoms with Crippen molar-refractivity contribution in [3.63, 3.8) is 0 Å². The minimum Gasteiger partial charge on any atom is -0.489 e. The van der Waals surface area contributed by atoms with Gasteiger partial charge in [-0.2, -0.15) is 0 Å². The lowest BCUT2D eigenvalue weighted by atomic mass is 9.72. The zero-order chi connectivity index (χ0) is 29.9. The molecule has 216 valence electrons. The maximum atomic E-state index is 13.6. The number of anilines is 1. The van der Waals surface area contributed by atoms with Crippen molar-refractivity contribution in [3.05, 3.63) is 115 Å². The van der Waals surface area contributed by atoms with Crippen molar-refractivity contribution in [3.8, 4) is 5.75 Å². The summed E-state index contributed by atoms with van der Waals surface area (Å²) in [5, 5.41) is 15.2. The third-order valence-electron chi connectivity index (χ3n) is 7.56. The molecule has 1 N–H and O–H groups in total. The topological polar surface area (TPSA) is 93.8 Å². The van der Waals surface area contributed by atoms with E-state index in [2.05, 4.69) is 26.1 Å². The van der Waals surface area contributed by atoms with Crippen molar-refractivity contribution >= 4 is 51.4 Å². The highest BCUT2D eigenvalue weighted by molar-refractivity contribution is 7.16. The molecule has 9 heteroatoms. The Morgan fingerprint density at radius 1 is 1.10 bits per heavy atom. The van der Waals surface area contributed by atoms with Crippen molar-refractivity contribution in [1.82, 2.24) is 0 Å². The lowest BCUT2D eigenvalue weighted by Crippen LogP contribution is -2.27. The van der Waals surface area contributed by atoms with Gasteiger partial charge in [-0.3, -0.25) is 14.9 Å². The monoisotopic (exact) mass is 601 g/mol. The van der Waals surface area contributed by atoms with Crippen LogP contribution in [0.15, 0.2) is 77.8 Å². The zero-order valence-electron chi connectivity index (χ0n) is 23.7. The summed E-state index contributed by atoms with van der Waals surface area (Å²) in [7, 11) is 0. The minimum absolute atomic E-state index is 0.0496. The lowest BCUT2D eigenvalue weighted by molar-refractivity contribution is -0.384. The molecular weight excluding hydrogens is 570 g/mol. The molecule has 0 radical (unpaired) electrons. The first kappa shape index (κ1) is 29.5. The van der Waals surface area contributed by atoms with E-state index in [0.717, 1.165) is 36.0 Å². The van der Waals surface area contributed by atoms with Crippen LogP contribution in [-0.4, -0.2) is 17.0 Å². The molecule has 0 spiro atoms. The van der Waals surface area contributed by atoms with E-state index in [0.29, 0.717) is 39.5 Å². The van der Waals surface area contributed by atoms with E-state index in [4.69, 9.17) is 21.3 Å². The summed E-state index contributed by atoms with van der Waals surface area (Å²) in [6.45, 7) is 7.14. The van der Waals surface area contributed by atoms with Crippen molar-refractivity contribution in [1.29, 1.82) is 0 Å². The van der Waals surface area contributed by atoms with Gasteiger partial charge in [0.25, 0.3) is 11.6 Å². The number of halogens is 1. The Hall–Kier alpha value is -4.01. The fourth-order valence-electron chi connectivity index (χ4n) is 5.03. The van der Waals surface area contributed by atoms with Gasteiger partial charge in [-0.15, -0.1) is 11.3 Å². The zero-order valence-corrected chi connectivity index (χ0v) is 25.3. The van der Waals surface area contributed by atoms with Gasteiger partial charge in [-0.05, 0) is 108 Å². The number of nitro groups is 1. The average molecular weight is 602 g/mol. The van der Waals surface area contributed by atoms with E-state index in [1.165, 1.54) is 17.0 Å². The largest absolute Gasteiger partial charge is 0.489 e. The van der Waals surface area contributed by atoms with Gasteiger partial charge in [0.2, 0.25) is 0 Å². The van der Waals surface area contributed by atoms with Gasteiger partial charge in [-0.1, -0.05) is 32.4 Å². The van der Waals surface area contributed by atoms with E-state index in [-0.39, 0.29) is 17.0 Å². The number of hydrogen-bond donors (Lipinski definition) is 1. The van der Waals surface area contributed by atoms with Gasteiger partial charge in [0.15, 0.2) is 0 Å². The van der Waals surface area contributed by atoms with Crippen molar-refractivity contribution < 1.29 is 14.5 Å². The second-order valence-electron chi connectivity index (χ2n) is 11.5.